The number of ether oxygens (including phenoxy) is 1. The lowest BCUT2D eigenvalue weighted by Crippen LogP contribution is -2.51. The molecule has 2 heterocycles. The Kier molecular flexibility index (Phi) is 9.47. The summed E-state index contributed by atoms with van der Waals surface area (Å²) in [5, 5.41) is 5.81. The number of esters is 1. The van der Waals surface area contributed by atoms with E-state index in [0.717, 1.165) is 19.4 Å². The highest BCUT2D eigenvalue weighted by molar-refractivity contribution is 5.95. The van der Waals surface area contributed by atoms with E-state index in [0.29, 0.717) is 56.1 Å². The van der Waals surface area contributed by atoms with E-state index in [1.807, 2.05) is 18.7 Å². The quantitative estimate of drug-likeness (QED) is 0.548. The number of nitrogens with one attached hydrogen (secondary N) is 2. The molecule has 0 radical (unpaired) electrons. The first kappa shape index (κ1) is 26.5. The van der Waals surface area contributed by atoms with Gasteiger partial charge in [-0.15, -0.1) is 0 Å². The van der Waals surface area contributed by atoms with Crippen molar-refractivity contribution in [1.82, 2.24) is 25.3 Å². The fraction of sp³-hybridized carbons (Fsp3) is 0.560. The Morgan fingerprint density at radius 2 is 1.86 bits per heavy atom. The number of rotatable bonds is 8. The van der Waals surface area contributed by atoms with E-state index in [9.17, 15) is 18.8 Å². The summed E-state index contributed by atoms with van der Waals surface area (Å²) in [5.74, 6) is -0.907. The summed E-state index contributed by atoms with van der Waals surface area (Å²) in [6.07, 6.45) is 1.65. The van der Waals surface area contributed by atoms with Gasteiger partial charge in [-0.25, -0.2) is 18.8 Å². The van der Waals surface area contributed by atoms with Crippen LogP contribution in [0.2, 0.25) is 0 Å². The van der Waals surface area contributed by atoms with Crippen LogP contribution in [0.5, 0.6) is 0 Å². The number of hydrogen-bond acceptors (Lipinski definition) is 5. The van der Waals surface area contributed by atoms with E-state index in [1.54, 1.807) is 24.0 Å². The Balaban J connectivity index is 1.91. The molecule has 0 aromatic heterocycles. The minimum atomic E-state index is -0.747. The van der Waals surface area contributed by atoms with Crippen LogP contribution in [-0.2, 0) is 9.53 Å². The third-order valence-electron chi connectivity index (χ3n) is 6.23. The van der Waals surface area contributed by atoms with E-state index in [-0.39, 0.29) is 18.7 Å². The van der Waals surface area contributed by atoms with Gasteiger partial charge in [-0.1, -0.05) is 19.1 Å². The highest BCUT2D eigenvalue weighted by Crippen LogP contribution is 2.32. The second-order valence-corrected chi connectivity index (χ2v) is 8.61. The van der Waals surface area contributed by atoms with Gasteiger partial charge in [0.05, 0.1) is 18.2 Å². The number of nitrogens with zero attached hydrogens (tertiary/aromatic N) is 3. The Bertz CT molecular complexity index is 936. The minimum Gasteiger partial charge on any atom is -0.463 e. The molecule has 2 aliphatic heterocycles. The molecule has 192 valence electrons. The first-order valence-corrected chi connectivity index (χ1v) is 12.4. The van der Waals surface area contributed by atoms with Crippen molar-refractivity contribution in [3.05, 3.63) is 46.9 Å². The zero-order valence-corrected chi connectivity index (χ0v) is 20.8. The number of carbonyl (C=O) groups is 3. The maximum absolute atomic E-state index is 13.6. The van der Waals surface area contributed by atoms with Gasteiger partial charge in [-0.3, -0.25) is 9.80 Å². The number of urea groups is 2. The van der Waals surface area contributed by atoms with Crippen LogP contribution >= 0.6 is 0 Å². The monoisotopic (exact) mass is 489 g/mol. The molecule has 0 spiro atoms. The van der Waals surface area contributed by atoms with Crippen LogP contribution in [0, 0.1) is 5.82 Å². The van der Waals surface area contributed by atoms with E-state index in [2.05, 4.69) is 15.5 Å². The molecule has 35 heavy (non-hydrogen) atoms. The molecule has 1 aromatic rings. The van der Waals surface area contributed by atoms with Crippen LogP contribution in [0.1, 0.15) is 45.2 Å². The van der Waals surface area contributed by atoms with Crippen molar-refractivity contribution in [1.29, 1.82) is 0 Å². The van der Waals surface area contributed by atoms with Crippen LogP contribution in [0.4, 0.5) is 14.0 Å². The Hall–Kier alpha value is -3.14. The SMILES string of the molecule is CCCNC(=O)N1CCCN(CC2=C(C(=O)OCC)C(c3ccc(F)cc3)NC(=O)N2CC)CC1. The van der Waals surface area contributed by atoms with Gasteiger partial charge in [-0.2, -0.15) is 0 Å². The molecule has 2 aliphatic rings. The van der Waals surface area contributed by atoms with Crippen molar-refractivity contribution in [2.45, 2.75) is 39.7 Å². The van der Waals surface area contributed by atoms with E-state index in [4.69, 9.17) is 4.74 Å². The average Bonchev–Trinajstić information content (AvgIpc) is 3.08. The van der Waals surface area contributed by atoms with Crippen LogP contribution < -0.4 is 10.6 Å². The lowest BCUT2D eigenvalue weighted by molar-refractivity contribution is -0.139. The molecule has 1 unspecified atom stereocenters. The third-order valence-corrected chi connectivity index (χ3v) is 6.23. The maximum Gasteiger partial charge on any atom is 0.338 e. The maximum atomic E-state index is 13.6. The second-order valence-electron chi connectivity index (χ2n) is 8.61. The van der Waals surface area contributed by atoms with E-state index in [1.165, 1.54) is 12.1 Å². The molecule has 1 aromatic carbocycles. The minimum absolute atomic E-state index is 0.0660. The van der Waals surface area contributed by atoms with Crippen LogP contribution in [0.15, 0.2) is 35.5 Å². The fourth-order valence-corrected chi connectivity index (χ4v) is 4.45. The Morgan fingerprint density at radius 3 is 2.51 bits per heavy atom. The number of amides is 4. The number of carbonyl (C=O) groups excluding carboxylic acids is 3. The summed E-state index contributed by atoms with van der Waals surface area (Å²) < 4.78 is 19.0. The van der Waals surface area contributed by atoms with Gasteiger partial charge >= 0.3 is 18.0 Å². The van der Waals surface area contributed by atoms with Crippen molar-refractivity contribution in [3.8, 4) is 0 Å². The summed E-state index contributed by atoms with van der Waals surface area (Å²) >= 11 is 0. The van der Waals surface area contributed by atoms with Gasteiger partial charge < -0.3 is 20.3 Å². The van der Waals surface area contributed by atoms with Gasteiger partial charge in [-0.05, 0) is 44.4 Å². The highest BCUT2D eigenvalue weighted by Gasteiger charge is 2.38. The molecule has 1 saturated heterocycles. The topological polar surface area (TPSA) is 94.2 Å². The fourth-order valence-electron chi connectivity index (χ4n) is 4.45. The van der Waals surface area contributed by atoms with Crippen molar-refractivity contribution < 1.29 is 23.5 Å². The van der Waals surface area contributed by atoms with Crippen LogP contribution in [-0.4, -0.2) is 85.2 Å². The zero-order valence-electron chi connectivity index (χ0n) is 20.8. The lowest BCUT2D eigenvalue weighted by Gasteiger charge is -2.38. The number of likely N-dealkylation sites (N-methyl/N-ethyl adjacent to an activating group) is 1. The number of hydrogen-bond donors (Lipinski definition) is 2. The number of halogens is 1. The first-order valence-electron chi connectivity index (χ1n) is 12.4. The molecule has 4 amide bonds. The Labute approximate surface area is 206 Å². The van der Waals surface area contributed by atoms with Crippen molar-refractivity contribution in [2.24, 2.45) is 0 Å². The van der Waals surface area contributed by atoms with Crippen molar-refractivity contribution in [3.63, 3.8) is 0 Å². The molecule has 0 bridgehead atoms. The Morgan fingerprint density at radius 1 is 1.11 bits per heavy atom. The lowest BCUT2D eigenvalue weighted by atomic mass is 9.94. The molecule has 9 nitrogen and oxygen atoms in total. The van der Waals surface area contributed by atoms with Gasteiger partial charge in [0.25, 0.3) is 0 Å². The van der Waals surface area contributed by atoms with Crippen molar-refractivity contribution >= 4 is 18.0 Å². The molecule has 3 rings (SSSR count). The molecule has 1 fully saturated rings. The number of benzene rings is 1. The highest BCUT2D eigenvalue weighted by atomic mass is 19.1. The van der Waals surface area contributed by atoms with Crippen molar-refractivity contribution in [2.75, 3.05) is 52.4 Å². The summed E-state index contributed by atoms with van der Waals surface area (Å²) in [4.78, 5) is 44.2. The summed E-state index contributed by atoms with van der Waals surface area (Å²) in [5.41, 5.74) is 1.53. The molecule has 0 aliphatic carbocycles. The largest absolute Gasteiger partial charge is 0.463 e. The van der Waals surface area contributed by atoms with Gasteiger partial charge in [0.15, 0.2) is 0 Å². The molecule has 0 saturated carbocycles. The predicted octanol–water partition coefficient (Wildman–Crippen LogP) is 2.86. The first-order chi connectivity index (χ1) is 16.9. The second kappa shape index (κ2) is 12.5. The zero-order chi connectivity index (χ0) is 25.4. The average molecular weight is 490 g/mol. The van der Waals surface area contributed by atoms with Crippen LogP contribution in [0.3, 0.4) is 0 Å². The normalized spacial score (nSPS) is 19.3. The molecule has 1 atom stereocenters. The summed E-state index contributed by atoms with van der Waals surface area (Å²) in [7, 11) is 0. The molecular weight excluding hydrogens is 453 g/mol. The standard InChI is InChI=1S/C25H36FN5O4/c1-4-12-27-24(33)30-14-7-13-29(15-16-30)17-20-21(23(32)35-6-3)22(28-25(34)31(20)5-2)18-8-10-19(26)11-9-18/h8-11,22H,4-7,12-17H2,1-3H3,(H,27,33)(H,28,34). The third kappa shape index (κ3) is 6.50. The molecular formula is C25H36FN5O4. The smallest absolute Gasteiger partial charge is 0.338 e. The van der Waals surface area contributed by atoms with Gasteiger partial charge in [0.2, 0.25) is 0 Å². The van der Waals surface area contributed by atoms with Gasteiger partial charge in [0.1, 0.15) is 5.82 Å². The molecule has 2 N–H and O–H groups in total. The predicted molar refractivity (Wildman–Crippen MR) is 130 cm³/mol. The van der Waals surface area contributed by atoms with Crippen LogP contribution in [0.25, 0.3) is 0 Å². The summed E-state index contributed by atoms with van der Waals surface area (Å²) in [6.45, 7) is 9.69. The summed E-state index contributed by atoms with van der Waals surface area (Å²) in [6, 6.07) is 4.62. The molecule has 10 heteroatoms. The van der Waals surface area contributed by atoms with E-state index < -0.39 is 17.8 Å². The van der Waals surface area contributed by atoms with Gasteiger partial charge in [0, 0.05) is 51.5 Å². The van der Waals surface area contributed by atoms with E-state index >= 15 is 0 Å².